The average Bonchev–Trinajstić information content (AvgIpc) is 1.81. The van der Waals surface area contributed by atoms with Crippen LogP contribution in [-0.2, 0) is 9.59 Å². The molecule has 0 heterocycles. The molecule has 0 aromatic carbocycles. The van der Waals surface area contributed by atoms with Gasteiger partial charge in [0.05, 0.1) is 0 Å². The van der Waals surface area contributed by atoms with Crippen LogP contribution >= 0.6 is 0 Å². The summed E-state index contributed by atoms with van der Waals surface area (Å²) in [5.74, 6) is -4.09. The Balaban J connectivity index is 4.49. The zero-order valence-corrected chi connectivity index (χ0v) is 6.37. The fourth-order valence-corrected chi connectivity index (χ4v) is 0.582. The van der Waals surface area contributed by atoms with E-state index >= 15 is 0 Å². The van der Waals surface area contributed by atoms with Crippen LogP contribution < -0.4 is 0 Å². The third-order valence-electron chi connectivity index (χ3n) is 1.03. The number of allylic oxidation sites excluding steroid dienone is 1. The minimum atomic E-state index is -1.42. The molecule has 0 aliphatic rings. The molecular weight excluding hydrogens is 148 g/mol. The van der Waals surface area contributed by atoms with Crippen LogP contribution in [-0.4, -0.2) is 22.2 Å². The topological polar surface area (TPSA) is 74.6 Å². The summed E-state index contributed by atoms with van der Waals surface area (Å²) in [4.78, 5) is 20.5. The number of hydrogen-bond donors (Lipinski definition) is 2. The maximum Gasteiger partial charge on any atom is 0.321 e. The van der Waals surface area contributed by atoms with E-state index in [0.29, 0.717) is 5.57 Å². The Kier molecular flexibility index (Phi) is 3.30. The second-order valence-electron chi connectivity index (χ2n) is 2.40. The Hall–Kier alpha value is -1.32. The first kappa shape index (κ1) is 9.68. The summed E-state index contributed by atoms with van der Waals surface area (Å²) < 4.78 is 0. The molecule has 0 fully saturated rings. The summed E-state index contributed by atoms with van der Waals surface area (Å²) in [7, 11) is 0. The molecule has 0 atom stereocenters. The van der Waals surface area contributed by atoms with E-state index in [1.165, 1.54) is 6.08 Å². The van der Waals surface area contributed by atoms with E-state index in [0.717, 1.165) is 0 Å². The van der Waals surface area contributed by atoms with E-state index < -0.39 is 17.9 Å². The molecule has 0 radical (unpaired) electrons. The zero-order valence-electron chi connectivity index (χ0n) is 6.37. The molecule has 0 aromatic rings. The molecule has 4 nitrogen and oxygen atoms in total. The molecule has 0 bridgehead atoms. The van der Waals surface area contributed by atoms with Crippen LogP contribution in [0.25, 0.3) is 0 Å². The van der Waals surface area contributed by atoms with E-state index in [2.05, 4.69) is 0 Å². The number of aliphatic carboxylic acids is 2. The quantitative estimate of drug-likeness (QED) is 0.469. The third-order valence-corrected chi connectivity index (χ3v) is 1.03. The molecule has 0 saturated carbocycles. The lowest BCUT2D eigenvalue weighted by atomic mass is 10.1. The van der Waals surface area contributed by atoms with Crippen molar-refractivity contribution in [2.45, 2.75) is 13.8 Å². The van der Waals surface area contributed by atoms with Gasteiger partial charge in [-0.05, 0) is 13.8 Å². The van der Waals surface area contributed by atoms with Crippen molar-refractivity contribution in [2.24, 2.45) is 5.92 Å². The van der Waals surface area contributed by atoms with Gasteiger partial charge in [0, 0.05) is 0 Å². The van der Waals surface area contributed by atoms with Crippen molar-refractivity contribution in [3.8, 4) is 0 Å². The summed E-state index contributed by atoms with van der Waals surface area (Å²) in [5, 5.41) is 16.7. The van der Waals surface area contributed by atoms with Crippen LogP contribution in [0.2, 0.25) is 0 Å². The molecule has 2 N–H and O–H groups in total. The Morgan fingerprint density at radius 2 is 1.55 bits per heavy atom. The lowest BCUT2D eigenvalue weighted by Crippen LogP contribution is -2.21. The maximum atomic E-state index is 10.3. The van der Waals surface area contributed by atoms with Gasteiger partial charge in [-0.25, -0.2) is 0 Å². The summed E-state index contributed by atoms with van der Waals surface area (Å²) in [6.45, 7) is 3.30. The first-order valence-electron chi connectivity index (χ1n) is 3.05. The summed E-state index contributed by atoms with van der Waals surface area (Å²) in [5.41, 5.74) is 0.680. The number of carboxylic acids is 2. The van der Waals surface area contributed by atoms with Gasteiger partial charge < -0.3 is 10.2 Å². The molecule has 0 aliphatic carbocycles. The molecule has 0 rings (SSSR count). The minimum absolute atomic E-state index is 0.680. The zero-order chi connectivity index (χ0) is 9.02. The molecule has 0 amide bonds. The molecule has 0 saturated heterocycles. The number of carboxylic acid groups (broad SMARTS) is 2. The van der Waals surface area contributed by atoms with Gasteiger partial charge in [0.15, 0.2) is 5.92 Å². The third kappa shape index (κ3) is 3.40. The van der Waals surface area contributed by atoms with Gasteiger partial charge in [-0.15, -0.1) is 0 Å². The van der Waals surface area contributed by atoms with Crippen molar-refractivity contribution in [3.05, 3.63) is 11.6 Å². The summed E-state index contributed by atoms with van der Waals surface area (Å²) >= 11 is 0. The molecule has 62 valence electrons. The van der Waals surface area contributed by atoms with E-state index in [9.17, 15) is 9.59 Å². The lowest BCUT2D eigenvalue weighted by molar-refractivity contribution is -0.151. The standard InChI is InChI=1S/C7H10O4/c1-4(2)3-5(6(8)9)7(10)11/h3,5H,1-2H3,(H,8,9)(H,10,11). The largest absolute Gasteiger partial charge is 0.480 e. The molecule has 11 heavy (non-hydrogen) atoms. The molecule has 0 aliphatic heterocycles. The van der Waals surface area contributed by atoms with Crippen molar-refractivity contribution in [1.82, 2.24) is 0 Å². The second kappa shape index (κ2) is 3.75. The van der Waals surface area contributed by atoms with Gasteiger partial charge in [-0.1, -0.05) is 11.6 Å². The van der Waals surface area contributed by atoms with Gasteiger partial charge in [0.2, 0.25) is 0 Å². The van der Waals surface area contributed by atoms with Crippen LogP contribution in [0.1, 0.15) is 13.8 Å². The highest BCUT2D eigenvalue weighted by Crippen LogP contribution is 2.03. The lowest BCUT2D eigenvalue weighted by Gasteiger charge is -2.00. The van der Waals surface area contributed by atoms with Crippen LogP contribution in [0.5, 0.6) is 0 Å². The Morgan fingerprint density at radius 1 is 1.18 bits per heavy atom. The van der Waals surface area contributed by atoms with E-state index in [4.69, 9.17) is 10.2 Å². The van der Waals surface area contributed by atoms with E-state index in [1.54, 1.807) is 13.8 Å². The number of rotatable bonds is 3. The molecule has 0 unspecified atom stereocenters. The van der Waals surface area contributed by atoms with Crippen LogP contribution in [0.4, 0.5) is 0 Å². The van der Waals surface area contributed by atoms with Gasteiger partial charge in [-0.3, -0.25) is 9.59 Å². The predicted molar refractivity (Wildman–Crippen MR) is 38.2 cm³/mol. The van der Waals surface area contributed by atoms with Crippen LogP contribution in [0.3, 0.4) is 0 Å². The first-order valence-corrected chi connectivity index (χ1v) is 3.05. The van der Waals surface area contributed by atoms with Crippen molar-refractivity contribution < 1.29 is 19.8 Å². The highest BCUT2D eigenvalue weighted by molar-refractivity contribution is 5.95. The number of carbonyl (C=O) groups is 2. The molecule has 0 aromatic heterocycles. The Bertz CT molecular complexity index is 186. The van der Waals surface area contributed by atoms with Gasteiger partial charge in [0.25, 0.3) is 0 Å². The van der Waals surface area contributed by atoms with Gasteiger partial charge >= 0.3 is 11.9 Å². The molecular formula is C7H10O4. The fraction of sp³-hybridized carbons (Fsp3) is 0.429. The maximum absolute atomic E-state index is 10.3. The molecule has 0 spiro atoms. The van der Waals surface area contributed by atoms with Crippen LogP contribution in [0, 0.1) is 5.92 Å². The van der Waals surface area contributed by atoms with Crippen molar-refractivity contribution in [2.75, 3.05) is 0 Å². The Morgan fingerprint density at radius 3 is 1.64 bits per heavy atom. The summed E-state index contributed by atoms with van der Waals surface area (Å²) in [6, 6.07) is 0. The Labute approximate surface area is 64.2 Å². The van der Waals surface area contributed by atoms with Crippen LogP contribution in [0.15, 0.2) is 11.6 Å². The number of hydrogen-bond acceptors (Lipinski definition) is 2. The first-order chi connectivity index (χ1) is 4.95. The van der Waals surface area contributed by atoms with Crippen molar-refractivity contribution >= 4 is 11.9 Å². The van der Waals surface area contributed by atoms with E-state index in [1.807, 2.05) is 0 Å². The summed E-state index contributed by atoms with van der Waals surface area (Å²) in [6.07, 6.45) is 1.20. The highest BCUT2D eigenvalue weighted by atomic mass is 16.4. The monoisotopic (exact) mass is 158 g/mol. The minimum Gasteiger partial charge on any atom is -0.480 e. The smallest absolute Gasteiger partial charge is 0.321 e. The van der Waals surface area contributed by atoms with Crippen molar-refractivity contribution in [1.29, 1.82) is 0 Å². The second-order valence-corrected chi connectivity index (χ2v) is 2.40. The van der Waals surface area contributed by atoms with Crippen molar-refractivity contribution in [3.63, 3.8) is 0 Å². The van der Waals surface area contributed by atoms with Gasteiger partial charge in [-0.2, -0.15) is 0 Å². The van der Waals surface area contributed by atoms with E-state index in [-0.39, 0.29) is 0 Å². The highest BCUT2D eigenvalue weighted by Gasteiger charge is 2.22. The molecule has 4 heteroatoms. The average molecular weight is 158 g/mol. The van der Waals surface area contributed by atoms with Gasteiger partial charge in [0.1, 0.15) is 0 Å². The SMILES string of the molecule is CC(C)=CC(C(=O)O)C(=O)O. The predicted octanol–water partition coefficient (Wildman–Crippen LogP) is 0.738. The fourth-order valence-electron chi connectivity index (χ4n) is 0.582. The normalized spacial score (nSPS) is 9.36.